The summed E-state index contributed by atoms with van der Waals surface area (Å²) in [5.41, 5.74) is 4.89. The van der Waals surface area contributed by atoms with Crippen molar-refractivity contribution in [2.75, 3.05) is 0 Å². The number of aryl methyl sites for hydroxylation is 1. The van der Waals surface area contributed by atoms with Gasteiger partial charge in [0.15, 0.2) is 0 Å². The average molecular weight is 389 g/mol. The third kappa shape index (κ3) is 5.49. The normalized spacial score (nSPS) is 10.7. The summed E-state index contributed by atoms with van der Waals surface area (Å²) in [5.74, 6) is 0.401. The zero-order chi connectivity index (χ0) is 20.6. The van der Waals surface area contributed by atoms with Crippen LogP contribution in [-0.4, -0.2) is 17.0 Å². The Kier molecular flexibility index (Phi) is 6.32. The average Bonchev–Trinajstić information content (AvgIpc) is 2.74. The molecule has 3 rings (SSSR count). The number of rotatable bonds is 7. The van der Waals surface area contributed by atoms with E-state index in [1.807, 2.05) is 42.5 Å². The predicted octanol–water partition coefficient (Wildman–Crippen LogP) is 4.25. The number of carbonyl (C=O) groups is 1. The van der Waals surface area contributed by atoms with Crippen molar-refractivity contribution in [2.24, 2.45) is 5.10 Å². The standard InChI is InChI=1S/C22H19N3O4/c1-16-7-8-18(13-21(16)25(27)28)14-23-24-22(26)19-11-9-17(10-12-19)15-29-20-5-3-2-4-6-20/h2-14H,15H2,1H3,(H,24,26)/b23-14-. The predicted molar refractivity (Wildman–Crippen MR) is 110 cm³/mol. The van der Waals surface area contributed by atoms with Crippen molar-refractivity contribution < 1.29 is 14.5 Å². The molecule has 3 aromatic carbocycles. The van der Waals surface area contributed by atoms with Crippen molar-refractivity contribution >= 4 is 17.8 Å². The van der Waals surface area contributed by atoms with E-state index >= 15 is 0 Å². The molecule has 0 spiro atoms. The van der Waals surface area contributed by atoms with E-state index in [0.717, 1.165) is 11.3 Å². The fourth-order valence-electron chi connectivity index (χ4n) is 2.57. The third-order valence-electron chi connectivity index (χ3n) is 4.17. The van der Waals surface area contributed by atoms with Crippen LogP contribution in [0.2, 0.25) is 0 Å². The summed E-state index contributed by atoms with van der Waals surface area (Å²) in [6, 6.07) is 21.2. The Morgan fingerprint density at radius 2 is 1.83 bits per heavy atom. The number of carbonyl (C=O) groups excluding carboxylic acids is 1. The van der Waals surface area contributed by atoms with Crippen LogP contribution in [0.15, 0.2) is 77.9 Å². The summed E-state index contributed by atoms with van der Waals surface area (Å²) in [6.45, 7) is 2.06. The van der Waals surface area contributed by atoms with Gasteiger partial charge in [0.1, 0.15) is 12.4 Å². The zero-order valence-corrected chi connectivity index (χ0v) is 15.7. The highest BCUT2D eigenvalue weighted by Crippen LogP contribution is 2.18. The zero-order valence-electron chi connectivity index (χ0n) is 15.7. The number of amides is 1. The Bertz CT molecular complexity index is 1030. The van der Waals surface area contributed by atoms with Gasteiger partial charge in [0.2, 0.25) is 0 Å². The van der Waals surface area contributed by atoms with Gasteiger partial charge < -0.3 is 4.74 Å². The highest BCUT2D eigenvalue weighted by molar-refractivity contribution is 5.94. The van der Waals surface area contributed by atoms with Gasteiger partial charge in [0.25, 0.3) is 11.6 Å². The molecule has 1 N–H and O–H groups in total. The number of para-hydroxylation sites is 1. The lowest BCUT2D eigenvalue weighted by atomic mass is 10.1. The van der Waals surface area contributed by atoms with Crippen LogP contribution >= 0.6 is 0 Å². The van der Waals surface area contributed by atoms with Crippen molar-refractivity contribution in [3.63, 3.8) is 0 Å². The molecule has 0 heterocycles. The van der Waals surface area contributed by atoms with Crippen LogP contribution in [0.5, 0.6) is 5.75 Å². The molecule has 0 aliphatic carbocycles. The lowest BCUT2D eigenvalue weighted by Crippen LogP contribution is -2.17. The highest BCUT2D eigenvalue weighted by Gasteiger charge is 2.10. The Morgan fingerprint density at radius 3 is 2.52 bits per heavy atom. The van der Waals surface area contributed by atoms with Crippen LogP contribution in [-0.2, 0) is 6.61 Å². The van der Waals surface area contributed by atoms with Crippen molar-refractivity contribution in [1.82, 2.24) is 5.43 Å². The molecule has 1 amide bonds. The first kappa shape index (κ1) is 19.8. The van der Waals surface area contributed by atoms with Crippen LogP contribution in [0.4, 0.5) is 5.69 Å². The molecule has 7 nitrogen and oxygen atoms in total. The summed E-state index contributed by atoms with van der Waals surface area (Å²) >= 11 is 0. The van der Waals surface area contributed by atoms with E-state index in [1.54, 1.807) is 31.2 Å². The summed E-state index contributed by atoms with van der Waals surface area (Å²) in [6.07, 6.45) is 1.37. The van der Waals surface area contributed by atoms with Crippen molar-refractivity contribution in [3.8, 4) is 5.75 Å². The maximum absolute atomic E-state index is 12.2. The Morgan fingerprint density at radius 1 is 1.10 bits per heavy atom. The van der Waals surface area contributed by atoms with Crippen LogP contribution in [0.25, 0.3) is 0 Å². The molecule has 29 heavy (non-hydrogen) atoms. The molecular weight excluding hydrogens is 370 g/mol. The summed E-state index contributed by atoms with van der Waals surface area (Å²) in [4.78, 5) is 22.7. The molecule has 0 radical (unpaired) electrons. The van der Waals surface area contributed by atoms with E-state index in [9.17, 15) is 14.9 Å². The molecule has 7 heteroatoms. The molecule has 0 saturated carbocycles. The topological polar surface area (TPSA) is 93.8 Å². The number of nitrogens with one attached hydrogen (secondary N) is 1. The first-order chi connectivity index (χ1) is 14.0. The molecule has 146 valence electrons. The highest BCUT2D eigenvalue weighted by atomic mass is 16.6. The molecule has 0 aromatic heterocycles. The van der Waals surface area contributed by atoms with Gasteiger partial charge in [-0.3, -0.25) is 14.9 Å². The van der Waals surface area contributed by atoms with Gasteiger partial charge in [-0.05, 0) is 36.8 Å². The minimum absolute atomic E-state index is 0.00795. The minimum Gasteiger partial charge on any atom is -0.489 e. The first-order valence-corrected chi connectivity index (χ1v) is 8.88. The molecule has 0 unspecified atom stereocenters. The number of ether oxygens (including phenoxy) is 1. The number of nitrogens with zero attached hydrogens (tertiary/aromatic N) is 2. The van der Waals surface area contributed by atoms with E-state index in [1.165, 1.54) is 12.3 Å². The van der Waals surface area contributed by atoms with Gasteiger partial charge >= 0.3 is 0 Å². The largest absolute Gasteiger partial charge is 0.489 e. The van der Waals surface area contributed by atoms with E-state index in [0.29, 0.717) is 23.3 Å². The second-order valence-electron chi connectivity index (χ2n) is 6.30. The molecular formula is C22H19N3O4. The number of nitro benzene ring substituents is 1. The second kappa shape index (κ2) is 9.27. The van der Waals surface area contributed by atoms with Crippen LogP contribution < -0.4 is 10.2 Å². The van der Waals surface area contributed by atoms with Gasteiger partial charge in [-0.25, -0.2) is 5.43 Å². The van der Waals surface area contributed by atoms with E-state index in [4.69, 9.17) is 4.74 Å². The number of benzene rings is 3. The lowest BCUT2D eigenvalue weighted by molar-refractivity contribution is -0.385. The number of hydrazone groups is 1. The molecule has 0 bridgehead atoms. The molecule has 0 aliphatic rings. The molecule has 0 atom stereocenters. The summed E-state index contributed by atoms with van der Waals surface area (Å²) in [5, 5.41) is 14.9. The molecule has 0 fully saturated rings. The minimum atomic E-state index is -0.450. The summed E-state index contributed by atoms with van der Waals surface area (Å²) < 4.78 is 5.67. The van der Waals surface area contributed by atoms with E-state index in [2.05, 4.69) is 10.5 Å². The van der Waals surface area contributed by atoms with Gasteiger partial charge in [-0.2, -0.15) is 5.10 Å². The maximum atomic E-state index is 12.2. The monoisotopic (exact) mass is 389 g/mol. The van der Waals surface area contributed by atoms with Crippen LogP contribution in [0, 0.1) is 17.0 Å². The van der Waals surface area contributed by atoms with Gasteiger partial charge in [-0.1, -0.05) is 42.5 Å². The van der Waals surface area contributed by atoms with Gasteiger partial charge in [0.05, 0.1) is 11.1 Å². The number of nitro groups is 1. The summed E-state index contributed by atoms with van der Waals surface area (Å²) in [7, 11) is 0. The third-order valence-corrected chi connectivity index (χ3v) is 4.17. The van der Waals surface area contributed by atoms with E-state index in [-0.39, 0.29) is 11.6 Å². The number of hydrogen-bond donors (Lipinski definition) is 1. The van der Waals surface area contributed by atoms with Gasteiger partial charge in [0, 0.05) is 22.8 Å². The smallest absolute Gasteiger partial charge is 0.272 e. The quantitative estimate of drug-likeness (QED) is 0.371. The van der Waals surface area contributed by atoms with Crippen LogP contribution in [0.3, 0.4) is 0 Å². The lowest BCUT2D eigenvalue weighted by Gasteiger charge is -2.06. The van der Waals surface area contributed by atoms with E-state index < -0.39 is 4.92 Å². The maximum Gasteiger partial charge on any atom is 0.272 e. The molecule has 3 aromatic rings. The van der Waals surface area contributed by atoms with Crippen LogP contribution in [0.1, 0.15) is 27.0 Å². The van der Waals surface area contributed by atoms with Crippen molar-refractivity contribution in [1.29, 1.82) is 0 Å². The van der Waals surface area contributed by atoms with Crippen molar-refractivity contribution in [2.45, 2.75) is 13.5 Å². The number of hydrogen-bond acceptors (Lipinski definition) is 5. The second-order valence-corrected chi connectivity index (χ2v) is 6.30. The first-order valence-electron chi connectivity index (χ1n) is 8.88. The Hall–Kier alpha value is -4.00. The van der Waals surface area contributed by atoms with Gasteiger partial charge in [-0.15, -0.1) is 0 Å². The molecule has 0 aliphatic heterocycles. The SMILES string of the molecule is Cc1ccc(/C=N\NC(=O)c2ccc(COc3ccccc3)cc2)cc1[N+](=O)[O-]. The molecule has 0 saturated heterocycles. The fourth-order valence-corrected chi connectivity index (χ4v) is 2.57. The Balaban J connectivity index is 1.56. The van der Waals surface area contributed by atoms with Crippen molar-refractivity contribution in [3.05, 3.63) is 105 Å². The fraction of sp³-hybridized carbons (Fsp3) is 0.0909. The Labute approximate surface area is 167 Å².